The van der Waals surface area contributed by atoms with Crippen LogP contribution in [0.2, 0.25) is 0 Å². The summed E-state index contributed by atoms with van der Waals surface area (Å²) < 4.78 is 5.88. The smallest absolute Gasteiger partial charge is 0.271 e. The minimum atomic E-state index is -2.06. The number of nitro groups is 1. The number of carbonyl (C=O) groups is 4. The molecular formula is C34H27Cl2N3O8. The number of phenols is 1. The first-order chi connectivity index (χ1) is 22.4. The molecule has 4 amide bonds. The zero-order valence-corrected chi connectivity index (χ0v) is 26.4. The third-order valence-electron chi connectivity index (χ3n) is 9.87. The summed E-state index contributed by atoms with van der Waals surface area (Å²) in [6, 6.07) is 19.2. The fraction of sp³-hybridized carbons (Fsp3) is 0.294. The fourth-order valence-electron chi connectivity index (χ4n) is 7.69. The van der Waals surface area contributed by atoms with E-state index in [-0.39, 0.29) is 42.1 Å². The highest BCUT2D eigenvalue weighted by Gasteiger charge is 2.76. The molecule has 0 bridgehead atoms. The molecule has 7 rings (SSSR count). The van der Waals surface area contributed by atoms with Crippen molar-refractivity contribution in [3.63, 3.8) is 0 Å². The Morgan fingerprint density at radius 1 is 0.957 bits per heavy atom. The van der Waals surface area contributed by atoms with Gasteiger partial charge in [0.1, 0.15) is 18.1 Å². The standard InChI is InChI=1S/C34H27Cl2N3O8/c1-37-31(43)33(35)16-25-22(12-13-24-27(25)30(42)38(29(24)41)19-8-5-9-20(14-19)39(45)46)28(34(33,36)32(37)44)23-11-10-21(15-26(23)40)47-17-18-6-3-2-4-7-18/h2-12,14-15,24-25,27-28,40H,13,16-17H2,1H3/t24-,25+,27-,28+,33+,34-/m0/s1. The Morgan fingerprint density at radius 3 is 2.40 bits per heavy atom. The Bertz CT molecular complexity index is 1920. The van der Waals surface area contributed by atoms with Crippen molar-refractivity contribution in [2.75, 3.05) is 11.9 Å². The van der Waals surface area contributed by atoms with Crippen molar-refractivity contribution in [2.45, 2.75) is 35.1 Å². The van der Waals surface area contributed by atoms with Gasteiger partial charge in [-0.1, -0.05) is 54.1 Å². The molecule has 2 heterocycles. The van der Waals surface area contributed by atoms with Crippen molar-refractivity contribution >= 4 is 58.2 Å². The maximum atomic E-state index is 14.1. The average molecular weight is 677 g/mol. The Balaban J connectivity index is 1.30. The fourth-order valence-corrected chi connectivity index (χ4v) is 8.70. The summed E-state index contributed by atoms with van der Waals surface area (Å²) in [6.07, 6.45) is 1.62. The largest absolute Gasteiger partial charge is 0.508 e. The van der Waals surface area contributed by atoms with Crippen LogP contribution in [-0.2, 0) is 25.8 Å². The molecule has 3 fully saturated rings. The van der Waals surface area contributed by atoms with Crippen molar-refractivity contribution in [2.24, 2.45) is 17.8 Å². The van der Waals surface area contributed by atoms with E-state index in [0.717, 1.165) is 21.4 Å². The van der Waals surface area contributed by atoms with E-state index in [2.05, 4.69) is 0 Å². The van der Waals surface area contributed by atoms with E-state index < -0.39 is 62.0 Å². The highest BCUT2D eigenvalue weighted by Crippen LogP contribution is 2.66. The van der Waals surface area contributed by atoms with E-state index in [1.807, 2.05) is 30.3 Å². The summed E-state index contributed by atoms with van der Waals surface area (Å²) in [5.74, 6) is -6.36. The lowest BCUT2D eigenvalue weighted by molar-refractivity contribution is -0.384. The second-order valence-electron chi connectivity index (χ2n) is 12.3. The lowest BCUT2D eigenvalue weighted by Gasteiger charge is -2.50. The number of anilines is 1. The monoisotopic (exact) mass is 675 g/mol. The first-order valence-corrected chi connectivity index (χ1v) is 15.7. The van der Waals surface area contributed by atoms with E-state index in [9.17, 15) is 34.4 Å². The summed E-state index contributed by atoms with van der Waals surface area (Å²) in [5, 5.41) is 22.8. The highest BCUT2D eigenvalue weighted by atomic mass is 35.5. The minimum absolute atomic E-state index is 0.0559. The molecule has 1 saturated carbocycles. The number of hydrogen-bond donors (Lipinski definition) is 1. The van der Waals surface area contributed by atoms with Crippen molar-refractivity contribution < 1.29 is 33.9 Å². The van der Waals surface area contributed by atoms with Gasteiger partial charge in [-0.05, 0) is 36.5 Å². The molecule has 2 aliphatic carbocycles. The Labute approximate surface area is 278 Å². The van der Waals surface area contributed by atoms with Crippen LogP contribution in [0.5, 0.6) is 11.5 Å². The van der Waals surface area contributed by atoms with E-state index in [1.165, 1.54) is 31.3 Å². The number of nitrogens with zero attached hydrogens (tertiary/aromatic N) is 3. The molecule has 0 unspecified atom stereocenters. The number of nitro benzene ring substituents is 1. The van der Waals surface area contributed by atoms with Gasteiger partial charge in [-0.3, -0.25) is 34.2 Å². The summed E-state index contributed by atoms with van der Waals surface area (Å²) in [5.41, 5.74) is 1.39. The second kappa shape index (κ2) is 10.9. The number of ether oxygens (including phenoxy) is 1. The number of hydrogen-bond acceptors (Lipinski definition) is 8. The number of fused-ring (bicyclic) bond motifs is 4. The van der Waals surface area contributed by atoms with Crippen LogP contribution in [0.15, 0.2) is 84.4 Å². The number of aromatic hydroxyl groups is 1. The average Bonchev–Trinajstić information content (AvgIpc) is 3.39. The summed E-state index contributed by atoms with van der Waals surface area (Å²) in [4.78, 5) is 63.9. The van der Waals surface area contributed by atoms with Crippen LogP contribution in [0, 0.1) is 27.9 Å². The van der Waals surface area contributed by atoms with Crippen LogP contribution < -0.4 is 9.64 Å². The molecule has 47 heavy (non-hydrogen) atoms. The predicted octanol–water partition coefficient (Wildman–Crippen LogP) is 5.07. The van der Waals surface area contributed by atoms with Gasteiger partial charge >= 0.3 is 0 Å². The van der Waals surface area contributed by atoms with Crippen molar-refractivity contribution in [3.05, 3.63) is 106 Å². The van der Waals surface area contributed by atoms with Gasteiger partial charge in [-0.25, -0.2) is 4.90 Å². The van der Waals surface area contributed by atoms with Gasteiger partial charge in [0.05, 0.1) is 22.4 Å². The number of alkyl halides is 2. The third-order valence-corrected chi connectivity index (χ3v) is 11.3. The van der Waals surface area contributed by atoms with Crippen molar-refractivity contribution in [1.82, 2.24) is 4.90 Å². The van der Waals surface area contributed by atoms with Gasteiger partial charge in [0.15, 0.2) is 9.75 Å². The van der Waals surface area contributed by atoms with Crippen molar-refractivity contribution in [3.8, 4) is 11.5 Å². The van der Waals surface area contributed by atoms with Crippen LogP contribution in [0.3, 0.4) is 0 Å². The van der Waals surface area contributed by atoms with Gasteiger partial charge in [0, 0.05) is 36.7 Å². The topological polar surface area (TPSA) is 147 Å². The molecule has 3 aromatic carbocycles. The number of rotatable bonds is 6. The lowest BCUT2D eigenvalue weighted by Crippen LogP contribution is -2.60. The molecular weight excluding hydrogens is 649 g/mol. The van der Waals surface area contributed by atoms with E-state index >= 15 is 0 Å². The number of likely N-dealkylation sites (tertiary alicyclic amines) is 1. The highest BCUT2D eigenvalue weighted by molar-refractivity contribution is 6.53. The van der Waals surface area contributed by atoms with E-state index in [4.69, 9.17) is 27.9 Å². The van der Waals surface area contributed by atoms with E-state index in [0.29, 0.717) is 11.3 Å². The minimum Gasteiger partial charge on any atom is -0.508 e. The predicted molar refractivity (Wildman–Crippen MR) is 170 cm³/mol. The van der Waals surface area contributed by atoms with Gasteiger partial charge in [0.2, 0.25) is 11.8 Å². The van der Waals surface area contributed by atoms with Crippen LogP contribution in [0.1, 0.15) is 29.9 Å². The molecule has 2 aliphatic heterocycles. The number of benzene rings is 3. The summed E-state index contributed by atoms with van der Waals surface area (Å²) in [7, 11) is 1.28. The molecule has 0 spiro atoms. The van der Waals surface area contributed by atoms with Crippen LogP contribution in [0.4, 0.5) is 11.4 Å². The van der Waals surface area contributed by atoms with E-state index in [1.54, 1.807) is 18.2 Å². The van der Waals surface area contributed by atoms with Crippen LogP contribution >= 0.6 is 23.2 Å². The summed E-state index contributed by atoms with van der Waals surface area (Å²) in [6.45, 7) is 0.235. The number of allylic oxidation sites excluding steroid dienone is 2. The molecule has 13 heteroatoms. The maximum Gasteiger partial charge on any atom is 0.271 e. The second-order valence-corrected chi connectivity index (χ2v) is 13.5. The van der Waals surface area contributed by atoms with Crippen LogP contribution in [0.25, 0.3) is 0 Å². The molecule has 0 aromatic heterocycles. The molecule has 6 atom stereocenters. The number of amides is 4. The zero-order valence-electron chi connectivity index (χ0n) is 24.8. The SMILES string of the molecule is CN1C(=O)[C@]2(Cl)C[C@@H]3C(=CC[C@@H]4C(=O)N(c5cccc([N+](=O)[O-])c5)C(=O)[C@@H]43)[C@H](c3ccc(OCc4ccccc4)cc3O)[C@]2(Cl)C1=O. The molecule has 11 nitrogen and oxygen atoms in total. The molecule has 1 N–H and O–H groups in total. The molecule has 2 saturated heterocycles. The number of halogens is 2. The summed E-state index contributed by atoms with van der Waals surface area (Å²) >= 11 is 14.4. The molecule has 240 valence electrons. The van der Waals surface area contributed by atoms with Gasteiger partial charge in [0.25, 0.3) is 17.5 Å². The van der Waals surface area contributed by atoms with Gasteiger partial charge in [-0.2, -0.15) is 0 Å². The van der Waals surface area contributed by atoms with Gasteiger partial charge < -0.3 is 9.84 Å². The Hall–Kier alpha value is -4.74. The zero-order chi connectivity index (χ0) is 33.4. The van der Waals surface area contributed by atoms with Crippen molar-refractivity contribution in [1.29, 1.82) is 0 Å². The molecule has 3 aromatic rings. The lowest BCUT2D eigenvalue weighted by atomic mass is 9.56. The number of imide groups is 2. The number of phenolic OH excluding ortho intramolecular Hbond substituents is 1. The maximum absolute atomic E-state index is 14.1. The number of non-ortho nitro benzene ring substituents is 1. The quantitative estimate of drug-likeness (QED) is 0.125. The normalized spacial score (nSPS) is 29.7. The first-order valence-electron chi connectivity index (χ1n) is 14.9. The Morgan fingerprint density at radius 2 is 1.70 bits per heavy atom. The van der Waals surface area contributed by atoms with Gasteiger partial charge in [-0.15, -0.1) is 23.2 Å². The molecule has 4 aliphatic rings. The molecule has 0 radical (unpaired) electrons. The Kier molecular flexibility index (Phi) is 7.18. The first kappa shape index (κ1) is 30.9. The number of carbonyl (C=O) groups excluding carboxylic acids is 4. The van der Waals surface area contributed by atoms with Crippen LogP contribution in [-0.4, -0.2) is 55.4 Å². The third kappa shape index (κ3) is 4.40.